The fourth-order valence-electron chi connectivity index (χ4n) is 1.83. The van der Waals surface area contributed by atoms with E-state index < -0.39 is 0 Å². The molecule has 1 fully saturated rings. The lowest BCUT2D eigenvalue weighted by Crippen LogP contribution is -2.23. The zero-order valence-corrected chi connectivity index (χ0v) is 11.7. The van der Waals surface area contributed by atoms with E-state index in [1.165, 1.54) is 0 Å². The second-order valence-corrected chi connectivity index (χ2v) is 4.57. The van der Waals surface area contributed by atoms with Crippen LogP contribution in [0, 0.1) is 6.92 Å². The van der Waals surface area contributed by atoms with E-state index >= 15 is 0 Å². The van der Waals surface area contributed by atoms with Crippen molar-refractivity contribution >= 4 is 29.2 Å². The maximum absolute atomic E-state index is 11.7. The van der Waals surface area contributed by atoms with Crippen LogP contribution in [-0.2, 0) is 4.74 Å². The predicted molar refractivity (Wildman–Crippen MR) is 75.2 cm³/mol. The molecule has 1 aromatic rings. The third-order valence-electron chi connectivity index (χ3n) is 2.70. The summed E-state index contributed by atoms with van der Waals surface area (Å²) in [6.45, 7) is 5.66. The van der Waals surface area contributed by atoms with Crippen molar-refractivity contribution < 1.29 is 9.53 Å². The number of carbonyl (C=O) groups excluding carboxylic acids is 1. The van der Waals surface area contributed by atoms with Gasteiger partial charge in [-0.05, 0) is 31.5 Å². The largest absolute Gasteiger partial charge is 0.462 e. The van der Waals surface area contributed by atoms with Crippen LogP contribution in [0.5, 0.6) is 0 Å². The summed E-state index contributed by atoms with van der Waals surface area (Å²) in [6, 6.07) is 3.32. The van der Waals surface area contributed by atoms with Gasteiger partial charge in [0.15, 0.2) is 5.96 Å². The molecule has 6 heteroatoms. The van der Waals surface area contributed by atoms with E-state index in [0.717, 1.165) is 18.7 Å². The van der Waals surface area contributed by atoms with E-state index in [2.05, 4.69) is 15.6 Å². The maximum atomic E-state index is 11.7. The molecule has 0 spiro atoms. The topological polar surface area (TPSA) is 62.7 Å². The number of hydrogen-bond donors (Lipinski definition) is 2. The van der Waals surface area contributed by atoms with E-state index in [0.29, 0.717) is 28.8 Å². The summed E-state index contributed by atoms with van der Waals surface area (Å²) in [5.41, 5.74) is 1.94. The first-order valence-corrected chi connectivity index (χ1v) is 6.53. The molecule has 5 nitrogen and oxygen atoms in total. The number of nitrogens with zero attached hydrogens (tertiary/aromatic N) is 1. The number of guanidine groups is 1. The first kappa shape index (κ1) is 13.7. The number of rotatable bonds is 3. The smallest absolute Gasteiger partial charge is 0.338 e. The van der Waals surface area contributed by atoms with Crippen molar-refractivity contribution in [3.63, 3.8) is 0 Å². The Morgan fingerprint density at radius 3 is 2.68 bits per heavy atom. The predicted octanol–water partition coefficient (Wildman–Crippen LogP) is 2.01. The van der Waals surface area contributed by atoms with Crippen molar-refractivity contribution in [1.82, 2.24) is 10.6 Å². The normalized spacial score (nSPS) is 13.7. The minimum atomic E-state index is -0.371. The minimum absolute atomic E-state index is 0.341. The van der Waals surface area contributed by atoms with Gasteiger partial charge in [-0.15, -0.1) is 0 Å². The number of nitrogens with one attached hydrogen (secondary N) is 2. The van der Waals surface area contributed by atoms with E-state index in [9.17, 15) is 4.79 Å². The summed E-state index contributed by atoms with van der Waals surface area (Å²) in [7, 11) is 0. The molecule has 0 bridgehead atoms. The van der Waals surface area contributed by atoms with Crippen molar-refractivity contribution in [2.75, 3.05) is 19.7 Å². The Kier molecular flexibility index (Phi) is 4.27. The van der Waals surface area contributed by atoms with Crippen LogP contribution in [0.2, 0.25) is 5.02 Å². The zero-order valence-electron chi connectivity index (χ0n) is 10.9. The minimum Gasteiger partial charge on any atom is -0.462 e. The molecule has 102 valence electrons. The molecule has 0 saturated carbocycles. The lowest BCUT2D eigenvalue weighted by molar-refractivity contribution is 0.0526. The molecular weight excluding hydrogens is 266 g/mol. The van der Waals surface area contributed by atoms with Crippen LogP contribution in [0.1, 0.15) is 22.8 Å². The Labute approximate surface area is 117 Å². The van der Waals surface area contributed by atoms with E-state index in [-0.39, 0.29) is 5.97 Å². The number of ether oxygens (including phenoxy) is 1. The second-order valence-electron chi connectivity index (χ2n) is 4.16. The SMILES string of the molecule is CCOC(=O)c1cc(C)c(N=C2NCCN2)c(Cl)c1. The molecule has 0 unspecified atom stereocenters. The van der Waals surface area contributed by atoms with Crippen molar-refractivity contribution in [3.8, 4) is 0 Å². The Morgan fingerprint density at radius 1 is 1.42 bits per heavy atom. The molecule has 0 aliphatic carbocycles. The lowest BCUT2D eigenvalue weighted by atomic mass is 10.1. The lowest BCUT2D eigenvalue weighted by Gasteiger charge is -2.08. The third kappa shape index (κ3) is 3.17. The summed E-state index contributed by atoms with van der Waals surface area (Å²) in [5.74, 6) is 0.331. The zero-order chi connectivity index (χ0) is 13.8. The van der Waals surface area contributed by atoms with Crippen LogP contribution in [-0.4, -0.2) is 31.6 Å². The molecule has 1 heterocycles. The number of aryl methyl sites for hydroxylation is 1. The average molecular weight is 282 g/mol. The molecule has 0 radical (unpaired) electrons. The number of benzene rings is 1. The standard InChI is InChI=1S/C13H16ClN3O2/c1-3-19-12(18)9-6-8(2)11(10(14)7-9)17-13-15-4-5-16-13/h6-7H,3-5H2,1-2H3,(H2,15,16,17). The highest BCUT2D eigenvalue weighted by Gasteiger charge is 2.14. The summed E-state index contributed by atoms with van der Waals surface area (Å²) in [6.07, 6.45) is 0. The summed E-state index contributed by atoms with van der Waals surface area (Å²) in [4.78, 5) is 16.1. The van der Waals surface area contributed by atoms with Gasteiger partial charge in [0.05, 0.1) is 22.9 Å². The van der Waals surface area contributed by atoms with Gasteiger partial charge in [-0.25, -0.2) is 9.79 Å². The molecule has 1 aromatic carbocycles. The second kappa shape index (κ2) is 5.93. The first-order valence-electron chi connectivity index (χ1n) is 6.15. The van der Waals surface area contributed by atoms with Crippen molar-refractivity contribution in [2.45, 2.75) is 13.8 Å². The molecule has 2 rings (SSSR count). The van der Waals surface area contributed by atoms with Crippen LogP contribution < -0.4 is 10.6 Å². The van der Waals surface area contributed by atoms with Crippen LogP contribution in [0.4, 0.5) is 5.69 Å². The molecule has 19 heavy (non-hydrogen) atoms. The molecule has 0 aromatic heterocycles. The number of esters is 1. The maximum Gasteiger partial charge on any atom is 0.338 e. The Bertz CT molecular complexity index is 498. The molecule has 0 amide bonds. The fourth-order valence-corrected chi connectivity index (χ4v) is 2.13. The number of hydrogen-bond acceptors (Lipinski definition) is 3. The molecule has 0 atom stereocenters. The van der Waals surface area contributed by atoms with E-state index in [4.69, 9.17) is 16.3 Å². The van der Waals surface area contributed by atoms with Gasteiger partial charge < -0.3 is 15.4 Å². The highest BCUT2D eigenvalue weighted by Crippen LogP contribution is 2.30. The van der Waals surface area contributed by atoms with Crippen LogP contribution in [0.25, 0.3) is 0 Å². The van der Waals surface area contributed by atoms with Gasteiger partial charge in [0, 0.05) is 13.1 Å². The van der Waals surface area contributed by atoms with Crippen LogP contribution in [0.15, 0.2) is 17.1 Å². The van der Waals surface area contributed by atoms with Crippen molar-refractivity contribution in [2.24, 2.45) is 4.99 Å². The number of halogens is 1. The fraction of sp³-hybridized carbons (Fsp3) is 0.385. The average Bonchev–Trinajstić information content (AvgIpc) is 2.86. The molecule has 1 aliphatic heterocycles. The van der Waals surface area contributed by atoms with E-state index in [1.54, 1.807) is 19.1 Å². The van der Waals surface area contributed by atoms with Crippen LogP contribution >= 0.6 is 11.6 Å². The van der Waals surface area contributed by atoms with Gasteiger partial charge in [0.2, 0.25) is 0 Å². The molecule has 1 aliphatic rings. The molecular formula is C13H16ClN3O2. The van der Waals surface area contributed by atoms with Crippen LogP contribution in [0.3, 0.4) is 0 Å². The summed E-state index contributed by atoms with van der Waals surface area (Å²) < 4.78 is 4.95. The number of aliphatic imine (C=N–C) groups is 1. The first-order chi connectivity index (χ1) is 9.11. The van der Waals surface area contributed by atoms with Gasteiger partial charge in [-0.3, -0.25) is 0 Å². The molecule has 2 N–H and O–H groups in total. The summed E-state index contributed by atoms with van der Waals surface area (Å²) in [5, 5.41) is 6.65. The van der Waals surface area contributed by atoms with Gasteiger partial charge in [-0.1, -0.05) is 11.6 Å². The van der Waals surface area contributed by atoms with Crippen molar-refractivity contribution in [3.05, 3.63) is 28.3 Å². The monoisotopic (exact) mass is 281 g/mol. The van der Waals surface area contributed by atoms with Gasteiger partial charge in [0.25, 0.3) is 0 Å². The Hall–Kier alpha value is -1.75. The quantitative estimate of drug-likeness (QED) is 0.832. The van der Waals surface area contributed by atoms with E-state index in [1.807, 2.05) is 6.92 Å². The highest BCUT2D eigenvalue weighted by atomic mass is 35.5. The van der Waals surface area contributed by atoms with Gasteiger partial charge in [0.1, 0.15) is 0 Å². The summed E-state index contributed by atoms with van der Waals surface area (Å²) >= 11 is 6.19. The van der Waals surface area contributed by atoms with Gasteiger partial charge in [-0.2, -0.15) is 0 Å². The van der Waals surface area contributed by atoms with Crippen molar-refractivity contribution in [1.29, 1.82) is 0 Å². The Morgan fingerprint density at radius 2 is 2.11 bits per heavy atom. The number of carbonyl (C=O) groups is 1. The Balaban J connectivity index is 2.31. The van der Waals surface area contributed by atoms with Gasteiger partial charge >= 0.3 is 5.97 Å². The molecule has 1 saturated heterocycles. The highest BCUT2D eigenvalue weighted by molar-refractivity contribution is 6.33. The third-order valence-corrected chi connectivity index (χ3v) is 2.99.